The number of carboxylic acids is 1. The molecule has 36 heavy (non-hydrogen) atoms. The van der Waals surface area contributed by atoms with Gasteiger partial charge in [0.05, 0.1) is 18.8 Å². The van der Waals surface area contributed by atoms with Gasteiger partial charge in [-0.3, -0.25) is 5.32 Å². The van der Waals surface area contributed by atoms with Crippen molar-refractivity contribution in [3.63, 3.8) is 0 Å². The third-order valence-electron chi connectivity index (χ3n) is 6.06. The van der Waals surface area contributed by atoms with Crippen molar-refractivity contribution in [3.05, 3.63) is 87.9 Å². The highest BCUT2D eigenvalue weighted by Gasteiger charge is 2.20. The van der Waals surface area contributed by atoms with Gasteiger partial charge in [0.15, 0.2) is 0 Å². The number of halogens is 1. The first-order chi connectivity index (χ1) is 17.3. The van der Waals surface area contributed by atoms with Crippen LogP contribution < -0.4 is 15.4 Å². The van der Waals surface area contributed by atoms with Crippen LogP contribution in [0.5, 0.6) is 11.5 Å². The fraction of sp³-hybridized carbons (Fsp3) is 0.259. The molecule has 0 spiro atoms. The molecular formula is C27H27ClN2O6. The van der Waals surface area contributed by atoms with Crippen LogP contribution in [0.4, 0.5) is 10.5 Å². The Bertz CT molecular complexity index is 1260. The van der Waals surface area contributed by atoms with E-state index in [1.54, 1.807) is 12.1 Å². The molecule has 1 amide bonds. The van der Waals surface area contributed by atoms with E-state index in [4.69, 9.17) is 16.3 Å². The van der Waals surface area contributed by atoms with Gasteiger partial charge in [-0.05, 0) is 72.4 Å². The Kier molecular flexibility index (Phi) is 8.10. The number of methoxy groups -OCH3 is 1. The molecule has 188 valence electrons. The highest BCUT2D eigenvalue weighted by atomic mass is 35.5. The van der Waals surface area contributed by atoms with Crippen LogP contribution >= 0.6 is 11.6 Å². The third kappa shape index (κ3) is 6.54. The predicted octanol–water partition coefficient (Wildman–Crippen LogP) is 5.19. The molecule has 9 heteroatoms. The number of carboxylic acid groups (broad SMARTS) is 1. The number of aliphatic hydroxyl groups excluding tert-OH is 1. The first kappa shape index (κ1) is 25.5. The van der Waals surface area contributed by atoms with E-state index in [1.807, 2.05) is 30.3 Å². The molecule has 0 aliphatic heterocycles. The average molecular weight is 511 g/mol. The summed E-state index contributed by atoms with van der Waals surface area (Å²) in [6, 6.07) is 17.4. The van der Waals surface area contributed by atoms with Crippen molar-refractivity contribution in [2.75, 3.05) is 19.0 Å². The summed E-state index contributed by atoms with van der Waals surface area (Å²) in [5.41, 5.74) is 3.34. The van der Waals surface area contributed by atoms with E-state index in [1.165, 1.54) is 30.9 Å². The molecule has 4 rings (SSSR count). The molecule has 8 nitrogen and oxygen atoms in total. The van der Waals surface area contributed by atoms with E-state index in [2.05, 4.69) is 15.4 Å². The number of hydrogen-bond acceptors (Lipinski definition) is 6. The maximum atomic E-state index is 11.6. The van der Waals surface area contributed by atoms with Gasteiger partial charge < -0.3 is 25.0 Å². The molecule has 1 aliphatic rings. The zero-order valence-electron chi connectivity index (χ0n) is 19.7. The Balaban J connectivity index is 1.44. The van der Waals surface area contributed by atoms with Crippen LogP contribution in [-0.2, 0) is 17.6 Å². The molecule has 0 aromatic heterocycles. The smallest absolute Gasteiger partial charge is 0.411 e. The van der Waals surface area contributed by atoms with Crippen molar-refractivity contribution in [1.82, 2.24) is 5.32 Å². The van der Waals surface area contributed by atoms with Crippen molar-refractivity contribution in [3.8, 4) is 11.5 Å². The molecule has 4 N–H and O–H groups in total. The first-order valence-electron chi connectivity index (χ1n) is 11.5. The summed E-state index contributed by atoms with van der Waals surface area (Å²) >= 11 is 6.03. The largest absolute Gasteiger partial charge is 0.478 e. The molecule has 0 unspecified atom stereocenters. The predicted molar refractivity (Wildman–Crippen MR) is 136 cm³/mol. The molecule has 0 heterocycles. The first-order valence-corrected chi connectivity index (χ1v) is 11.9. The van der Waals surface area contributed by atoms with Crippen LogP contribution in [0.15, 0.2) is 60.7 Å². The van der Waals surface area contributed by atoms with Crippen molar-refractivity contribution >= 4 is 29.4 Å². The van der Waals surface area contributed by atoms with Crippen LogP contribution in [0.3, 0.4) is 0 Å². The number of benzene rings is 3. The number of anilines is 1. The Morgan fingerprint density at radius 1 is 1.08 bits per heavy atom. The lowest BCUT2D eigenvalue weighted by molar-refractivity contribution is 0.0696. The van der Waals surface area contributed by atoms with Crippen molar-refractivity contribution in [1.29, 1.82) is 0 Å². The number of carbonyl (C=O) groups is 2. The van der Waals surface area contributed by atoms with E-state index in [9.17, 15) is 19.8 Å². The Hall–Kier alpha value is -3.59. The van der Waals surface area contributed by atoms with Crippen LogP contribution in [0.2, 0.25) is 5.02 Å². The molecule has 0 bridgehead atoms. The van der Waals surface area contributed by atoms with Crippen LogP contribution in [0.25, 0.3) is 0 Å². The van der Waals surface area contributed by atoms with Gasteiger partial charge in [-0.25, -0.2) is 9.59 Å². The zero-order chi connectivity index (χ0) is 25.7. The van der Waals surface area contributed by atoms with Gasteiger partial charge in [0, 0.05) is 29.4 Å². The molecule has 3 aromatic rings. The maximum Gasteiger partial charge on any atom is 0.411 e. The summed E-state index contributed by atoms with van der Waals surface area (Å²) < 4.78 is 10.5. The third-order valence-corrected chi connectivity index (χ3v) is 6.30. The number of hydrogen-bond donors (Lipinski definition) is 4. The highest BCUT2D eigenvalue weighted by molar-refractivity contribution is 6.30. The zero-order valence-corrected chi connectivity index (χ0v) is 20.4. The SMILES string of the molecule is COC(=O)Nc1cc(Oc2ccc3c(c2)C[C@@H](NC[C@H](O)c2cccc(Cl)c2)CC3)cc(C(=O)O)c1. The Labute approximate surface area is 213 Å². The Morgan fingerprint density at radius 3 is 2.67 bits per heavy atom. The summed E-state index contributed by atoms with van der Waals surface area (Å²) in [4.78, 5) is 23.1. The van der Waals surface area contributed by atoms with Gasteiger partial charge in [-0.15, -0.1) is 0 Å². The normalized spacial score (nSPS) is 15.5. The molecule has 1 aliphatic carbocycles. The minimum absolute atomic E-state index is 0.0283. The van der Waals surface area contributed by atoms with Crippen LogP contribution in [0, 0.1) is 0 Å². The molecule has 0 saturated heterocycles. The lowest BCUT2D eigenvalue weighted by Gasteiger charge is -2.27. The van der Waals surface area contributed by atoms with Gasteiger partial charge in [0.2, 0.25) is 0 Å². The summed E-state index contributed by atoms with van der Waals surface area (Å²) in [6.07, 6.45) is 1.23. The lowest BCUT2D eigenvalue weighted by Crippen LogP contribution is -2.37. The highest BCUT2D eigenvalue weighted by Crippen LogP contribution is 2.31. The number of aliphatic hydroxyl groups is 1. The lowest BCUT2D eigenvalue weighted by atomic mass is 9.88. The van der Waals surface area contributed by atoms with Gasteiger partial charge in [0.25, 0.3) is 0 Å². The fourth-order valence-electron chi connectivity index (χ4n) is 4.24. The minimum Gasteiger partial charge on any atom is -0.478 e. The average Bonchev–Trinajstić information content (AvgIpc) is 2.86. The van der Waals surface area contributed by atoms with Crippen molar-refractivity contribution in [2.24, 2.45) is 0 Å². The van der Waals surface area contributed by atoms with Crippen molar-refractivity contribution < 1.29 is 29.3 Å². The molecule has 3 aromatic carbocycles. The summed E-state index contributed by atoms with van der Waals surface area (Å²) in [5, 5.41) is 26.4. The van der Waals surface area contributed by atoms with E-state index in [0.29, 0.717) is 17.3 Å². The fourth-order valence-corrected chi connectivity index (χ4v) is 4.44. The second-order valence-corrected chi connectivity index (χ2v) is 9.06. The number of aromatic carboxylic acids is 1. The molecule has 0 radical (unpaired) electrons. The topological polar surface area (TPSA) is 117 Å². The number of fused-ring (bicyclic) bond motifs is 1. The number of ether oxygens (including phenoxy) is 2. The summed E-state index contributed by atoms with van der Waals surface area (Å²) in [6.45, 7) is 0.411. The second-order valence-electron chi connectivity index (χ2n) is 8.62. The summed E-state index contributed by atoms with van der Waals surface area (Å²) in [7, 11) is 1.22. The van der Waals surface area contributed by atoms with E-state index < -0.39 is 18.2 Å². The summed E-state index contributed by atoms with van der Waals surface area (Å²) in [5.74, 6) is -0.316. The van der Waals surface area contributed by atoms with Crippen LogP contribution in [0.1, 0.15) is 39.6 Å². The minimum atomic E-state index is -1.15. The molecule has 0 saturated carbocycles. The van der Waals surface area contributed by atoms with E-state index >= 15 is 0 Å². The van der Waals surface area contributed by atoms with Gasteiger partial charge >= 0.3 is 12.1 Å². The number of aryl methyl sites for hydroxylation is 1. The number of rotatable bonds is 8. The van der Waals surface area contributed by atoms with Gasteiger partial charge in [-0.2, -0.15) is 0 Å². The van der Waals surface area contributed by atoms with Gasteiger partial charge in [0.1, 0.15) is 11.5 Å². The second kappa shape index (κ2) is 11.4. The molecule has 0 fully saturated rings. The number of amides is 1. The molecular weight excluding hydrogens is 484 g/mol. The Morgan fingerprint density at radius 2 is 1.92 bits per heavy atom. The quantitative estimate of drug-likeness (QED) is 0.329. The van der Waals surface area contributed by atoms with E-state index in [-0.39, 0.29) is 23.0 Å². The van der Waals surface area contributed by atoms with E-state index in [0.717, 1.165) is 30.4 Å². The van der Waals surface area contributed by atoms with Crippen LogP contribution in [-0.4, -0.2) is 42.0 Å². The maximum absolute atomic E-state index is 11.6. The number of nitrogens with one attached hydrogen (secondary N) is 2. The van der Waals surface area contributed by atoms with Gasteiger partial charge in [-0.1, -0.05) is 29.8 Å². The number of carbonyl (C=O) groups excluding carboxylic acids is 1. The monoisotopic (exact) mass is 510 g/mol. The molecule has 2 atom stereocenters. The standard InChI is InChI=1S/C27H27ClN2O6/c1-35-27(34)30-22-11-19(26(32)33)13-24(14-22)36-23-8-6-16-5-7-21(10-18(16)12-23)29-15-25(31)17-3-2-4-20(28)9-17/h2-4,6,8-9,11-14,21,25,29,31H,5,7,10,15H2,1H3,(H,30,34)(H,32,33)/t21-,25-/m0/s1. The van der Waals surface area contributed by atoms with Crippen molar-refractivity contribution in [2.45, 2.75) is 31.4 Å².